The van der Waals surface area contributed by atoms with Crippen molar-refractivity contribution in [3.8, 4) is 10.7 Å². The number of hydrogen-bond donors (Lipinski definition) is 0. The second-order valence-electron chi connectivity index (χ2n) is 3.80. The number of pyridine rings is 1. The van der Waals surface area contributed by atoms with Gasteiger partial charge in [0.2, 0.25) is 5.82 Å². The summed E-state index contributed by atoms with van der Waals surface area (Å²) in [4.78, 5) is 20.6. The van der Waals surface area contributed by atoms with Crippen LogP contribution in [0, 0.1) is 0 Å². The molecule has 0 fully saturated rings. The van der Waals surface area contributed by atoms with Crippen LogP contribution in [0.4, 0.5) is 0 Å². The van der Waals surface area contributed by atoms with E-state index in [0.717, 1.165) is 4.88 Å². The van der Waals surface area contributed by atoms with E-state index in [2.05, 4.69) is 15.1 Å². The Bertz CT molecular complexity index is 695. The molecule has 0 saturated heterocycles. The molecular weight excluding hydrogens is 278 g/mol. The van der Waals surface area contributed by atoms with Crippen LogP contribution in [0.2, 0.25) is 0 Å². The third-order valence-electron chi connectivity index (χ3n) is 2.45. The summed E-state index contributed by atoms with van der Waals surface area (Å²) in [7, 11) is 0. The second-order valence-corrected chi connectivity index (χ2v) is 4.75. The first-order valence-corrected chi connectivity index (χ1v) is 6.64. The van der Waals surface area contributed by atoms with Gasteiger partial charge in [-0.05, 0) is 23.6 Å². The summed E-state index contributed by atoms with van der Waals surface area (Å²) < 4.78 is 10.1. The highest BCUT2D eigenvalue weighted by atomic mass is 32.1. The molecule has 0 bridgehead atoms. The smallest absolute Gasteiger partial charge is 0.338 e. The Morgan fingerprint density at radius 1 is 1.30 bits per heavy atom. The van der Waals surface area contributed by atoms with E-state index < -0.39 is 5.97 Å². The minimum Gasteiger partial charge on any atom is -0.452 e. The van der Waals surface area contributed by atoms with Gasteiger partial charge in [0.25, 0.3) is 5.89 Å². The van der Waals surface area contributed by atoms with Crippen molar-refractivity contribution < 1.29 is 14.1 Å². The Morgan fingerprint density at radius 3 is 2.90 bits per heavy atom. The van der Waals surface area contributed by atoms with Gasteiger partial charge in [-0.3, -0.25) is 4.98 Å². The number of carbonyl (C=O) groups excluding carboxylic acids is 1. The van der Waals surface area contributed by atoms with Gasteiger partial charge in [-0.15, -0.1) is 11.3 Å². The van der Waals surface area contributed by atoms with Crippen molar-refractivity contribution in [3.63, 3.8) is 0 Å². The van der Waals surface area contributed by atoms with Gasteiger partial charge in [-0.2, -0.15) is 4.98 Å². The number of thiophene rings is 1. The number of carbonyl (C=O) groups is 1. The molecule has 3 aromatic heterocycles. The van der Waals surface area contributed by atoms with Gasteiger partial charge in [0.1, 0.15) is 0 Å². The SMILES string of the molecule is O=C(OCc1nc(-c2cccs2)no1)c1ccncc1. The number of esters is 1. The maximum absolute atomic E-state index is 11.7. The quantitative estimate of drug-likeness (QED) is 0.686. The standard InChI is InChI=1S/C13H9N3O3S/c17-13(9-3-5-14-6-4-9)18-8-11-15-12(16-19-11)10-2-1-7-20-10/h1-7H,8H2. The number of nitrogens with zero attached hydrogens (tertiary/aromatic N) is 3. The highest BCUT2D eigenvalue weighted by Crippen LogP contribution is 2.21. The first kappa shape index (κ1) is 12.5. The zero-order chi connectivity index (χ0) is 13.8. The fourth-order valence-corrected chi connectivity index (χ4v) is 2.17. The number of hydrogen-bond acceptors (Lipinski definition) is 7. The minimum atomic E-state index is -0.455. The molecule has 0 aromatic carbocycles. The summed E-state index contributed by atoms with van der Waals surface area (Å²) in [6, 6.07) is 6.95. The lowest BCUT2D eigenvalue weighted by Crippen LogP contribution is -2.05. The van der Waals surface area contributed by atoms with Gasteiger partial charge in [0.15, 0.2) is 6.61 Å². The Kier molecular flexibility index (Phi) is 3.51. The first-order chi connectivity index (χ1) is 9.83. The minimum absolute atomic E-state index is 0.0560. The summed E-state index contributed by atoms with van der Waals surface area (Å²) in [5.74, 6) is 0.300. The van der Waals surface area contributed by atoms with E-state index in [0.29, 0.717) is 11.4 Å². The lowest BCUT2D eigenvalue weighted by molar-refractivity contribution is 0.0429. The predicted octanol–water partition coefficient (Wildman–Crippen LogP) is 2.55. The monoisotopic (exact) mass is 287 g/mol. The maximum atomic E-state index is 11.7. The molecule has 0 saturated carbocycles. The molecule has 3 heterocycles. The van der Waals surface area contributed by atoms with E-state index in [9.17, 15) is 4.79 Å². The maximum Gasteiger partial charge on any atom is 0.338 e. The fraction of sp³-hybridized carbons (Fsp3) is 0.0769. The molecule has 0 unspecified atom stereocenters. The number of aromatic nitrogens is 3. The molecule has 100 valence electrons. The van der Waals surface area contributed by atoms with Gasteiger partial charge < -0.3 is 9.26 Å². The molecule has 0 radical (unpaired) electrons. The molecule has 6 nitrogen and oxygen atoms in total. The molecule has 0 aliphatic carbocycles. The van der Waals surface area contributed by atoms with Gasteiger partial charge in [-0.1, -0.05) is 11.2 Å². The van der Waals surface area contributed by atoms with Crippen LogP contribution in [0.15, 0.2) is 46.6 Å². The zero-order valence-electron chi connectivity index (χ0n) is 10.2. The van der Waals surface area contributed by atoms with Crippen LogP contribution in [-0.2, 0) is 11.3 Å². The zero-order valence-corrected chi connectivity index (χ0v) is 11.0. The number of ether oxygens (including phenoxy) is 1. The van der Waals surface area contributed by atoms with E-state index in [1.807, 2.05) is 17.5 Å². The van der Waals surface area contributed by atoms with Crippen LogP contribution in [0.1, 0.15) is 16.2 Å². The average Bonchev–Trinajstić information content (AvgIpc) is 3.16. The van der Waals surface area contributed by atoms with E-state index >= 15 is 0 Å². The lowest BCUT2D eigenvalue weighted by atomic mass is 10.3. The highest BCUT2D eigenvalue weighted by molar-refractivity contribution is 7.13. The molecule has 0 spiro atoms. The largest absolute Gasteiger partial charge is 0.452 e. The molecule has 7 heteroatoms. The van der Waals surface area contributed by atoms with Crippen LogP contribution in [-0.4, -0.2) is 21.1 Å². The molecule has 0 aliphatic rings. The normalized spacial score (nSPS) is 10.4. The van der Waals surface area contributed by atoms with Crippen molar-refractivity contribution in [2.75, 3.05) is 0 Å². The average molecular weight is 287 g/mol. The second kappa shape index (κ2) is 5.62. The van der Waals surface area contributed by atoms with Crippen molar-refractivity contribution >= 4 is 17.3 Å². The summed E-state index contributed by atoms with van der Waals surface area (Å²) in [5.41, 5.74) is 0.429. The van der Waals surface area contributed by atoms with Crippen molar-refractivity contribution in [3.05, 3.63) is 53.5 Å². The van der Waals surface area contributed by atoms with E-state index in [1.54, 1.807) is 12.1 Å². The van der Waals surface area contributed by atoms with Crippen LogP contribution < -0.4 is 0 Å². The molecule has 0 amide bonds. The van der Waals surface area contributed by atoms with Crippen molar-refractivity contribution in [2.45, 2.75) is 6.61 Å². The molecule has 3 aromatic rings. The van der Waals surface area contributed by atoms with E-state index in [1.165, 1.54) is 23.7 Å². The van der Waals surface area contributed by atoms with Gasteiger partial charge in [0.05, 0.1) is 10.4 Å². The van der Waals surface area contributed by atoms with Crippen molar-refractivity contribution in [1.82, 2.24) is 15.1 Å². The van der Waals surface area contributed by atoms with Crippen LogP contribution in [0.3, 0.4) is 0 Å². The van der Waals surface area contributed by atoms with Gasteiger partial charge in [-0.25, -0.2) is 4.79 Å². The van der Waals surface area contributed by atoms with Gasteiger partial charge in [0, 0.05) is 12.4 Å². The highest BCUT2D eigenvalue weighted by Gasteiger charge is 2.12. The third-order valence-corrected chi connectivity index (χ3v) is 3.32. The molecule has 0 N–H and O–H groups in total. The Balaban J connectivity index is 1.63. The van der Waals surface area contributed by atoms with Crippen LogP contribution in [0.25, 0.3) is 10.7 Å². The summed E-state index contributed by atoms with van der Waals surface area (Å²) >= 11 is 1.51. The lowest BCUT2D eigenvalue weighted by Gasteiger charge is -2.00. The molecule has 3 rings (SSSR count). The van der Waals surface area contributed by atoms with Crippen LogP contribution in [0.5, 0.6) is 0 Å². The molecule has 20 heavy (non-hydrogen) atoms. The molecular formula is C13H9N3O3S. The first-order valence-electron chi connectivity index (χ1n) is 5.76. The van der Waals surface area contributed by atoms with Crippen molar-refractivity contribution in [2.24, 2.45) is 0 Å². The fourth-order valence-electron chi connectivity index (χ4n) is 1.52. The molecule has 0 aliphatic heterocycles. The summed E-state index contributed by atoms with van der Waals surface area (Å²) in [6.45, 7) is -0.0560. The summed E-state index contributed by atoms with van der Waals surface area (Å²) in [6.07, 6.45) is 3.05. The topological polar surface area (TPSA) is 78.1 Å². The Labute approximate surface area is 118 Å². The van der Waals surface area contributed by atoms with Crippen LogP contribution >= 0.6 is 11.3 Å². The van der Waals surface area contributed by atoms with Gasteiger partial charge >= 0.3 is 5.97 Å². The Morgan fingerprint density at radius 2 is 2.15 bits per heavy atom. The Hall–Kier alpha value is -2.54. The third kappa shape index (κ3) is 2.72. The molecule has 0 atom stereocenters. The van der Waals surface area contributed by atoms with Crippen molar-refractivity contribution in [1.29, 1.82) is 0 Å². The predicted molar refractivity (Wildman–Crippen MR) is 71.0 cm³/mol. The van der Waals surface area contributed by atoms with E-state index in [4.69, 9.17) is 9.26 Å². The van der Waals surface area contributed by atoms with E-state index in [-0.39, 0.29) is 12.5 Å². The number of rotatable bonds is 4. The summed E-state index contributed by atoms with van der Waals surface area (Å²) in [5, 5.41) is 5.76.